The Bertz CT molecular complexity index is 1110. The van der Waals surface area contributed by atoms with Crippen molar-refractivity contribution in [3.63, 3.8) is 0 Å². The Balaban J connectivity index is 1.51. The van der Waals surface area contributed by atoms with Crippen molar-refractivity contribution >= 4 is 34.9 Å². The number of hydrogen-bond donors (Lipinski definition) is 1. The number of rotatable bonds is 6. The molecular weight excluding hydrogens is 438 g/mol. The molecule has 0 radical (unpaired) electrons. The largest absolute Gasteiger partial charge is 0.465 e. The summed E-state index contributed by atoms with van der Waals surface area (Å²) in [6.07, 6.45) is 0. The summed E-state index contributed by atoms with van der Waals surface area (Å²) in [5.74, 6) is -0.714. The standard InChI is InChI=1S/C26H26ClN3O3/c1-33-26(32)21-9-12-24(23(17-21)28-25(31)20-7-10-22(27)11-8-20)30-15-13-29(14-16-30)18-19-5-3-2-4-6-19/h2-12,17H,13-16,18H2,1H3,(H,28,31). The summed E-state index contributed by atoms with van der Waals surface area (Å²) in [6, 6.07) is 22.4. The first kappa shape index (κ1) is 22.8. The van der Waals surface area contributed by atoms with E-state index < -0.39 is 5.97 Å². The molecule has 1 fully saturated rings. The van der Waals surface area contributed by atoms with Crippen molar-refractivity contribution in [1.29, 1.82) is 0 Å². The molecule has 33 heavy (non-hydrogen) atoms. The second-order valence-corrected chi connectivity index (χ2v) is 8.37. The molecule has 0 saturated carbocycles. The number of carbonyl (C=O) groups is 2. The van der Waals surface area contributed by atoms with Gasteiger partial charge in [-0.05, 0) is 48.0 Å². The van der Waals surface area contributed by atoms with Gasteiger partial charge >= 0.3 is 5.97 Å². The number of benzene rings is 3. The Kier molecular flexibility index (Phi) is 7.27. The van der Waals surface area contributed by atoms with Gasteiger partial charge in [-0.15, -0.1) is 0 Å². The molecule has 0 unspecified atom stereocenters. The normalized spacial score (nSPS) is 14.1. The number of anilines is 2. The fourth-order valence-corrected chi connectivity index (χ4v) is 4.07. The van der Waals surface area contributed by atoms with Crippen LogP contribution in [0.2, 0.25) is 5.02 Å². The van der Waals surface area contributed by atoms with Crippen molar-refractivity contribution in [1.82, 2.24) is 4.90 Å². The average molecular weight is 464 g/mol. The minimum absolute atomic E-state index is 0.266. The van der Waals surface area contributed by atoms with Crippen LogP contribution in [0.15, 0.2) is 72.8 Å². The molecule has 1 amide bonds. The highest BCUT2D eigenvalue weighted by Gasteiger charge is 2.22. The summed E-state index contributed by atoms with van der Waals surface area (Å²) in [5, 5.41) is 3.53. The van der Waals surface area contributed by atoms with Crippen LogP contribution in [-0.4, -0.2) is 50.1 Å². The molecule has 0 aromatic heterocycles. The highest BCUT2D eigenvalue weighted by atomic mass is 35.5. The van der Waals surface area contributed by atoms with E-state index in [-0.39, 0.29) is 5.91 Å². The van der Waals surface area contributed by atoms with Crippen LogP contribution in [0, 0.1) is 0 Å². The van der Waals surface area contributed by atoms with E-state index in [2.05, 4.69) is 39.4 Å². The van der Waals surface area contributed by atoms with Gasteiger partial charge in [0.25, 0.3) is 5.91 Å². The maximum Gasteiger partial charge on any atom is 0.337 e. The Morgan fingerprint density at radius 1 is 0.909 bits per heavy atom. The topological polar surface area (TPSA) is 61.9 Å². The lowest BCUT2D eigenvalue weighted by Crippen LogP contribution is -2.46. The molecule has 3 aromatic rings. The molecule has 4 rings (SSSR count). The van der Waals surface area contributed by atoms with E-state index in [1.54, 1.807) is 36.4 Å². The third kappa shape index (κ3) is 5.72. The molecule has 0 bridgehead atoms. The summed E-state index contributed by atoms with van der Waals surface area (Å²) in [4.78, 5) is 29.6. The van der Waals surface area contributed by atoms with Crippen molar-refractivity contribution in [2.75, 3.05) is 43.5 Å². The van der Waals surface area contributed by atoms with E-state index in [0.717, 1.165) is 38.4 Å². The molecule has 0 spiro atoms. The van der Waals surface area contributed by atoms with Gasteiger partial charge in [-0.1, -0.05) is 41.9 Å². The SMILES string of the molecule is COC(=O)c1ccc(N2CCN(Cc3ccccc3)CC2)c(NC(=O)c2ccc(Cl)cc2)c1. The predicted molar refractivity (Wildman–Crippen MR) is 131 cm³/mol. The molecule has 0 atom stereocenters. The number of nitrogens with one attached hydrogen (secondary N) is 1. The van der Waals surface area contributed by atoms with Crippen molar-refractivity contribution in [3.05, 3.63) is 94.5 Å². The first-order chi connectivity index (χ1) is 16.0. The van der Waals surface area contributed by atoms with Gasteiger partial charge in [0.1, 0.15) is 0 Å². The monoisotopic (exact) mass is 463 g/mol. The molecule has 3 aromatic carbocycles. The zero-order chi connectivity index (χ0) is 23.2. The van der Waals surface area contributed by atoms with Crippen LogP contribution in [0.3, 0.4) is 0 Å². The number of nitrogens with zero attached hydrogens (tertiary/aromatic N) is 2. The molecule has 1 aliphatic heterocycles. The van der Waals surface area contributed by atoms with Crippen LogP contribution in [0.25, 0.3) is 0 Å². The number of ether oxygens (including phenoxy) is 1. The smallest absolute Gasteiger partial charge is 0.337 e. The van der Waals surface area contributed by atoms with Crippen LogP contribution in [0.5, 0.6) is 0 Å². The van der Waals surface area contributed by atoms with Gasteiger partial charge in [0.05, 0.1) is 24.0 Å². The Morgan fingerprint density at radius 3 is 2.24 bits per heavy atom. The molecule has 7 heteroatoms. The first-order valence-corrected chi connectivity index (χ1v) is 11.2. The summed E-state index contributed by atoms with van der Waals surface area (Å²) >= 11 is 5.94. The number of carbonyl (C=O) groups excluding carboxylic acids is 2. The number of hydrogen-bond acceptors (Lipinski definition) is 5. The van der Waals surface area contributed by atoms with Gasteiger partial charge < -0.3 is 15.0 Å². The molecule has 1 heterocycles. The van der Waals surface area contributed by atoms with Gasteiger partial charge in [-0.25, -0.2) is 4.79 Å². The maximum absolute atomic E-state index is 12.9. The van der Waals surface area contributed by atoms with Crippen molar-refractivity contribution < 1.29 is 14.3 Å². The molecular formula is C26H26ClN3O3. The van der Waals surface area contributed by atoms with Crippen LogP contribution in [0.4, 0.5) is 11.4 Å². The highest BCUT2D eigenvalue weighted by molar-refractivity contribution is 6.30. The lowest BCUT2D eigenvalue weighted by Gasteiger charge is -2.37. The molecule has 0 aliphatic carbocycles. The van der Waals surface area contributed by atoms with E-state index in [9.17, 15) is 9.59 Å². The molecule has 170 valence electrons. The number of halogens is 1. The molecule has 1 aliphatic rings. The third-order valence-electron chi connectivity index (χ3n) is 5.73. The van der Waals surface area contributed by atoms with Gasteiger partial charge in [0.15, 0.2) is 0 Å². The third-order valence-corrected chi connectivity index (χ3v) is 5.99. The van der Waals surface area contributed by atoms with E-state index in [1.807, 2.05) is 12.1 Å². The first-order valence-electron chi connectivity index (χ1n) is 10.8. The average Bonchev–Trinajstić information content (AvgIpc) is 2.85. The van der Waals surface area contributed by atoms with E-state index in [1.165, 1.54) is 12.7 Å². The predicted octanol–water partition coefficient (Wildman–Crippen LogP) is 4.70. The van der Waals surface area contributed by atoms with Crippen molar-refractivity contribution in [2.45, 2.75) is 6.54 Å². The molecule has 1 saturated heterocycles. The lowest BCUT2D eigenvalue weighted by molar-refractivity contribution is 0.0600. The number of esters is 1. The van der Waals surface area contributed by atoms with Crippen molar-refractivity contribution in [3.8, 4) is 0 Å². The molecule has 6 nitrogen and oxygen atoms in total. The summed E-state index contributed by atoms with van der Waals surface area (Å²) in [6.45, 7) is 4.34. The maximum atomic E-state index is 12.9. The highest BCUT2D eigenvalue weighted by Crippen LogP contribution is 2.29. The Hall–Kier alpha value is -3.35. The van der Waals surface area contributed by atoms with E-state index in [0.29, 0.717) is 21.8 Å². The lowest BCUT2D eigenvalue weighted by atomic mass is 10.1. The fraction of sp³-hybridized carbons (Fsp3) is 0.231. The Labute approximate surface area is 198 Å². The zero-order valence-corrected chi connectivity index (χ0v) is 19.2. The summed E-state index contributed by atoms with van der Waals surface area (Å²) in [7, 11) is 1.34. The second-order valence-electron chi connectivity index (χ2n) is 7.93. The van der Waals surface area contributed by atoms with Gasteiger partial charge in [-0.3, -0.25) is 9.69 Å². The molecule has 1 N–H and O–H groups in total. The van der Waals surface area contributed by atoms with E-state index in [4.69, 9.17) is 16.3 Å². The van der Waals surface area contributed by atoms with Gasteiger partial charge in [0.2, 0.25) is 0 Å². The van der Waals surface area contributed by atoms with Crippen LogP contribution < -0.4 is 10.2 Å². The minimum Gasteiger partial charge on any atom is -0.465 e. The summed E-state index contributed by atoms with van der Waals surface area (Å²) in [5.41, 5.74) is 3.62. The van der Waals surface area contributed by atoms with Gasteiger partial charge in [-0.2, -0.15) is 0 Å². The van der Waals surface area contributed by atoms with Crippen LogP contribution in [-0.2, 0) is 11.3 Å². The minimum atomic E-state index is -0.448. The fourth-order valence-electron chi connectivity index (χ4n) is 3.94. The van der Waals surface area contributed by atoms with Crippen molar-refractivity contribution in [2.24, 2.45) is 0 Å². The number of methoxy groups -OCH3 is 1. The summed E-state index contributed by atoms with van der Waals surface area (Å²) < 4.78 is 4.86. The number of amides is 1. The van der Waals surface area contributed by atoms with Crippen LogP contribution in [0.1, 0.15) is 26.3 Å². The Morgan fingerprint density at radius 2 is 1.58 bits per heavy atom. The van der Waals surface area contributed by atoms with E-state index >= 15 is 0 Å². The second kappa shape index (κ2) is 10.5. The van der Waals surface area contributed by atoms with Crippen LogP contribution >= 0.6 is 11.6 Å². The van der Waals surface area contributed by atoms with Gasteiger partial charge in [0, 0.05) is 43.3 Å². The quantitative estimate of drug-likeness (QED) is 0.537. The number of piperazine rings is 1. The zero-order valence-electron chi connectivity index (χ0n) is 18.5.